The summed E-state index contributed by atoms with van der Waals surface area (Å²) in [6, 6.07) is 1.49. The summed E-state index contributed by atoms with van der Waals surface area (Å²) in [4.78, 5) is 17.6. The Morgan fingerprint density at radius 3 is 2.67 bits per heavy atom. The van der Waals surface area contributed by atoms with E-state index < -0.39 is 5.82 Å². The number of carbonyl (C=O) groups is 1. The summed E-state index contributed by atoms with van der Waals surface area (Å²) in [5.74, 6) is -0.563. The minimum Gasteiger partial charge on any atom is -0.334 e. The largest absolute Gasteiger partial charge is 0.334 e. The van der Waals surface area contributed by atoms with E-state index in [2.05, 4.69) is 4.98 Å². The van der Waals surface area contributed by atoms with Crippen LogP contribution in [0.15, 0.2) is 18.5 Å². The molecule has 0 fully saturated rings. The van der Waals surface area contributed by atoms with E-state index >= 15 is 0 Å². The molecule has 1 aromatic rings. The number of alkyl halides is 1. The maximum Gasteiger partial charge on any atom is 0.257 e. The first kappa shape index (κ1) is 14.9. The maximum absolute atomic E-state index is 13.6. The van der Waals surface area contributed by atoms with Crippen molar-refractivity contribution in [2.45, 2.75) is 32.7 Å². The van der Waals surface area contributed by atoms with Crippen molar-refractivity contribution in [3.63, 3.8) is 0 Å². The molecule has 0 aliphatic rings. The van der Waals surface area contributed by atoms with Crippen LogP contribution in [0.1, 0.15) is 37.0 Å². The molecule has 0 bridgehead atoms. The van der Waals surface area contributed by atoms with E-state index in [1.54, 1.807) is 4.90 Å². The first-order chi connectivity index (χ1) is 8.65. The molecule has 100 valence electrons. The molecule has 18 heavy (non-hydrogen) atoms. The number of halogens is 2. The first-order valence-electron chi connectivity index (χ1n) is 6.12. The Hall–Kier alpha value is -1.16. The van der Waals surface area contributed by atoms with Gasteiger partial charge in [-0.3, -0.25) is 9.78 Å². The summed E-state index contributed by atoms with van der Waals surface area (Å²) in [5.41, 5.74) is 0.0574. The van der Waals surface area contributed by atoms with Crippen molar-refractivity contribution >= 4 is 17.5 Å². The van der Waals surface area contributed by atoms with Crippen LogP contribution >= 0.6 is 11.6 Å². The van der Waals surface area contributed by atoms with Crippen molar-refractivity contribution in [1.82, 2.24) is 9.88 Å². The molecule has 1 aromatic heterocycles. The standard InChI is InChI=1S/C13H18ClFN2O/c1-3-10(4-2)17(8-6-14)13(18)11-5-7-16-9-12(11)15/h5,7,9-10H,3-4,6,8H2,1-2H3. The monoisotopic (exact) mass is 272 g/mol. The first-order valence-corrected chi connectivity index (χ1v) is 6.65. The van der Waals surface area contributed by atoms with Crippen molar-refractivity contribution in [1.29, 1.82) is 0 Å². The van der Waals surface area contributed by atoms with Gasteiger partial charge in [0, 0.05) is 24.7 Å². The SMILES string of the molecule is CCC(CC)N(CCCl)C(=O)c1ccncc1F. The average molecular weight is 273 g/mol. The summed E-state index contributed by atoms with van der Waals surface area (Å²) in [6.45, 7) is 4.44. The highest BCUT2D eigenvalue weighted by atomic mass is 35.5. The van der Waals surface area contributed by atoms with Crippen LogP contribution in [-0.4, -0.2) is 34.3 Å². The third-order valence-corrected chi connectivity index (χ3v) is 3.14. The van der Waals surface area contributed by atoms with Crippen LogP contribution in [0.25, 0.3) is 0 Å². The highest BCUT2D eigenvalue weighted by Crippen LogP contribution is 2.15. The van der Waals surface area contributed by atoms with E-state index in [4.69, 9.17) is 11.6 Å². The van der Waals surface area contributed by atoms with Gasteiger partial charge >= 0.3 is 0 Å². The van der Waals surface area contributed by atoms with Gasteiger partial charge in [-0.2, -0.15) is 0 Å². The van der Waals surface area contributed by atoms with Crippen LogP contribution in [0, 0.1) is 5.82 Å². The Bertz CT molecular complexity index is 396. The molecular weight excluding hydrogens is 255 g/mol. The van der Waals surface area contributed by atoms with E-state index in [9.17, 15) is 9.18 Å². The van der Waals surface area contributed by atoms with E-state index in [1.807, 2.05) is 13.8 Å². The van der Waals surface area contributed by atoms with Gasteiger partial charge in [0.25, 0.3) is 5.91 Å². The van der Waals surface area contributed by atoms with Crippen molar-refractivity contribution in [3.8, 4) is 0 Å². The molecule has 1 heterocycles. The van der Waals surface area contributed by atoms with E-state index in [1.165, 1.54) is 12.3 Å². The van der Waals surface area contributed by atoms with Crippen molar-refractivity contribution in [3.05, 3.63) is 29.8 Å². The molecule has 0 N–H and O–H groups in total. The third-order valence-electron chi connectivity index (χ3n) is 2.97. The molecule has 0 atom stereocenters. The van der Waals surface area contributed by atoms with Crippen LogP contribution in [0.4, 0.5) is 4.39 Å². The zero-order chi connectivity index (χ0) is 13.5. The molecule has 1 amide bonds. The maximum atomic E-state index is 13.6. The second-order valence-corrected chi connectivity index (χ2v) is 4.39. The zero-order valence-corrected chi connectivity index (χ0v) is 11.5. The Kier molecular flexibility index (Phi) is 6.05. The minimum atomic E-state index is -0.590. The summed E-state index contributed by atoms with van der Waals surface area (Å²) in [6.07, 6.45) is 4.12. The molecule has 0 radical (unpaired) electrons. The highest BCUT2D eigenvalue weighted by molar-refractivity contribution is 6.18. The van der Waals surface area contributed by atoms with Crippen molar-refractivity contribution in [2.24, 2.45) is 0 Å². The Morgan fingerprint density at radius 1 is 1.50 bits per heavy atom. The molecule has 0 aromatic carbocycles. The van der Waals surface area contributed by atoms with Gasteiger partial charge in [0.05, 0.1) is 11.8 Å². The van der Waals surface area contributed by atoms with Crippen LogP contribution in [0.3, 0.4) is 0 Å². The van der Waals surface area contributed by atoms with E-state index in [0.717, 1.165) is 19.0 Å². The molecule has 0 aliphatic carbocycles. The molecule has 1 rings (SSSR count). The van der Waals surface area contributed by atoms with Crippen molar-refractivity contribution in [2.75, 3.05) is 12.4 Å². The average Bonchev–Trinajstić information content (AvgIpc) is 2.39. The second kappa shape index (κ2) is 7.31. The molecule has 0 aliphatic heterocycles. The Labute approximate surface area is 112 Å². The third kappa shape index (κ3) is 3.42. The lowest BCUT2D eigenvalue weighted by Crippen LogP contribution is -2.41. The number of aromatic nitrogens is 1. The summed E-state index contributed by atoms with van der Waals surface area (Å²) < 4.78 is 13.6. The lowest BCUT2D eigenvalue weighted by Gasteiger charge is -2.30. The summed E-state index contributed by atoms with van der Waals surface area (Å²) in [7, 11) is 0. The molecule has 0 saturated heterocycles. The summed E-state index contributed by atoms with van der Waals surface area (Å²) >= 11 is 5.73. The lowest BCUT2D eigenvalue weighted by atomic mass is 10.1. The number of hydrogen-bond acceptors (Lipinski definition) is 2. The number of hydrogen-bond donors (Lipinski definition) is 0. The fourth-order valence-electron chi connectivity index (χ4n) is 1.97. The smallest absolute Gasteiger partial charge is 0.257 e. The topological polar surface area (TPSA) is 33.2 Å². The van der Waals surface area contributed by atoms with Crippen LogP contribution in [-0.2, 0) is 0 Å². The number of rotatable bonds is 6. The van der Waals surface area contributed by atoms with Crippen molar-refractivity contribution < 1.29 is 9.18 Å². The molecule has 0 saturated carbocycles. The van der Waals surface area contributed by atoms with E-state index in [0.29, 0.717) is 12.4 Å². The second-order valence-electron chi connectivity index (χ2n) is 4.01. The van der Waals surface area contributed by atoms with Crippen LogP contribution in [0.2, 0.25) is 0 Å². The van der Waals surface area contributed by atoms with Gasteiger partial charge in [-0.1, -0.05) is 13.8 Å². The lowest BCUT2D eigenvalue weighted by molar-refractivity contribution is 0.0676. The van der Waals surface area contributed by atoms with Gasteiger partial charge in [0.2, 0.25) is 0 Å². The minimum absolute atomic E-state index is 0.0574. The van der Waals surface area contributed by atoms with Gasteiger partial charge in [-0.05, 0) is 18.9 Å². The fourth-order valence-corrected chi connectivity index (χ4v) is 2.16. The number of nitrogens with zero attached hydrogens (tertiary/aromatic N) is 2. The summed E-state index contributed by atoms with van der Waals surface area (Å²) in [5, 5.41) is 0. The number of pyridine rings is 1. The van der Waals surface area contributed by atoms with Crippen LogP contribution in [0.5, 0.6) is 0 Å². The highest BCUT2D eigenvalue weighted by Gasteiger charge is 2.23. The zero-order valence-electron chi connectivity index (χ0n) is 10.7. The quantitative estimate of drug-likeness (QED) is 0.746. The molecule has 3 nitrogen and oxygen atoms in total. The van der Waals surface area contributed by atoms with Gasteiger partial charge in [-0.25, -0.2) is 4.39 Å². The predicted molar refractivity (Wildman–Crippen MR) is 70.3 cm³/mol. The Balaban J connectivity index is 2.99. The van der Waals surface area contributed by atoms with Gasteiger partial charge in [0.1, 0.15) is 0 Å². The number of carbonyl (C=O) groups excluding carboxylic acids is 1. The molecular formula is C13H18ClFN2O. The van der Waals surface area contributed by atoms with Gasteiger partial charge < -0.3 is 4.90 Å². The number of amides is 1. The normalized spacial score (nSPS) is 10.7. The van der Waals surface area contributed by atoms with Gasteiger partial charge in [0.15, 0.2) is 5.82 Å². The molecule has 5 heteroatoms. The van der Waals surface area contributed by atoms with Gasteiger partial charge in [-0.15, -0.1) is 11.6 Å². The van der Waals surface area contributed by atoms with E-state index in [-0.39, 0.29) is 17.5 Å². The molecule has 0 spiro atoms. The molecule has 0 unspecified atom stereocenters. The Morgan fingerprint density at radius 2 is 2.17 bits per heavy atom. The fraction of sp³-hybridized carbons (Fsp3) is 0.538. The van der Waals surface area contributed by atoms with Crippen LogP contribution < -0.4 is 0 Å². The predicted octanol–water partition coefficient (Wildman–Crippen LogP) is 3.09.